The van der Waals surface area contributed by atoms with Gasteiger partial charge in [-0.25, -0.2) is 0 Å². The Bertz CT molecular complexity index is 534. The van der Waals surface area contributed by atoms with Crippen molar-refractivity contribution in [2.24, 2.45) is 0 Å². The lowest BCUT2D eigenvalue weighted by Crippen LogP contribution is -2.67. The number of nitro groups is 1. The summed E-state index contributed by atoms with van der Waals surface area (Å²) in [6.45, 7) is -0.739. The van der Waals surface area contributed by atoms with E-state index in [1.807, 2.05) is 0 Å². The lowest BCUT2D eigenvalue weighted by atomic mass is 9.98. The number of non-ortho nitro benzene ring substituents is 1. The molecule has 5 N–H and O–H groups in total. The molecule has 1 aromatic carbocycles. The Morgan fingerprint density at radius 2 is 1.82 bits per heavy atom. The van der Waals surface area contributed by atoms with E-state index < -0.39 is 41.9 Å². The van der Waals surface area contributed by atoms with Crippen LogP contribution < -0.4 is 4.74 Å². The number of benzene rings is 1. The number of hydrogen-bond acceptors (Lipinski definition) is 9. The van der Waals surface area contributed by atoms with Gasteiger partial charge in [0.15, 0.2) is 6.10 Å². The lowest BCUT2D eigenvalue weighted by molar-refractivity contribution is -0.422. The van der Waals surface area contributed by atoms with E-state index >= 15 is 0 Å². The van der Waals surface area contributed by atoms with Gasteiger partial charge in [0.25, 0.3) is 5.69 Å². The summed E-state index contributed by atoms with van der Waals surface area (Å²) in [7, 11) is 0. The molecule has 22 heavy (non-hydrogen) atoms. The van der Waals surface area contributed by atoms with Crippen LogP contribution in [0.3, 0.4) is 0 Å². The molecule has 0 unspecified atom stereocenters. The van der Waals surface area contributed by atoms with E-state index in [2.05, 4.69) is 0 Å². The maximum absolute atomic E-state index is 10.5. The molecule has 1 fully saturated rings. The van der Waals surface area contributed by atoms with Gasteiger partial charge in [-0.2, -0.15) is 0 Å². The second-order valence-corrected chi connectivity index (χ2v) is 4.75. The molecule has 1 aromatic rings. The molecule has 0 spiro atoms. The Labute approximate surface area is 123 Å². The molecule has 2 rings (SSSR count). The second-order valence-electron chi connectivity index (χ2n) is 4.75. The molecule has 122 valence electrons. The molecular weight excluding hydrogens is 302 g/mol. The van der Waals surface area contributed by atoms with E-state index in [9.17, 15) is 30.5 Å². The fourth-order valence-corrected chi connectivity index (χ4v) is 2.01. The van der Waals surface area contributed by atoms with Gasteiger partial charge in [0.2, 0.25) is 0 Å². The van der Waals surface area contributed by atoms with Crippen LogP contribution in [0.2, 0.25) is 0 Å². The first-order chi connectivity index (χ1) is 10.3. The first kappa shape index (κ1) is 16.5. The minimum Gasteiger partial charge on any atom is -0.437 e. The zero-order chi connectivity index (χ0) is 16.5. The molecule has 0 amide bonds. The van der Waals surface area contributed by atoms with E-state index in [0.717, 1.165) is 24.3 Å². The Balaban J connectivity index is 2.20. The first-order valence-electron chi connectivity index (χ1n) is 6.27. The van der Waals surface area contributed by atoms with Crippen LogP contribution in [-0.2, 0) is 4.74 Å². The monoisotopic (exact) mass is 317 g/mol. The minimum atomic E-state index is -2.73. The minimum absolute atomic E-state index is 0.0903. The molecule has 1 aliphatic heterocycles. The highest BCUT2D eigenvalue weighted by Gasteiger charge is 2.55. The zero-order valence-corrected chi connectivity index (χ0v) is 11.1. The molecule has 1 aliphatic rings. The third-order valence-corrected chi connectivity index (χ3v) is 3.24. The van der Waals surface area contributed by atoms with Crippen molar-refractivity contribution >= 4 is 5.69 Å². The van der Waals surface area contributed by atoms with Gasteiger partial charge >= 0.3 is 5.97 Å². The Morgan fingerprint density at radius 1 is 1.23 bits per heavy atom. The number of aliphatic hydroxyl groups excluding tert-OH is 4. The van der Waals surface area contributed by atoms with Crippen molar-refractivity contribution in [2.45, 2.75) is 30.4 Å². The molecule has 1 saturated heterocycles. The Hall–Kier alpha value is -1.82. The van der Waals surface area contributed by atoms with Gasteiger partial charge < -0.3 is 35.0 Å². The lowest BCUT2D eigenvalue weighted by Gasteiger charge is -2.44. The van der Waals surface area contributed by atoms with Gasteiger partial charge in [-0.1, -0.05) is 0 Å². The summed E-state index contributed by atoms with van der Waals surface area (Å²) in [5.41, 5.74) is -0.215. The van der Waals surface area contributed by atoms with Crippen LogP contribution in [0.25, 0.3) is 0 Å². The Kier molecular flexibility index (Phi) is 4.60. The quantitative estimate of drug-likeness (QED) is 0.242. The number of aliphatic hydroxyl groups is 5. The predicted molar refractivity (Wildman–Crippen MR) is 68.7 cm³/mol. The largest absolute Gasteiger partial charge is 0.437 e. The highest BCUT2D eigenvalue weighted by Crippen LogP contribution is 2.31. The van der Waals surface area contributed by atoms with E-state index in [4.69, 9.17) is 14.6 Å². The van der Waals surface area contributed by atoms with Gasteiger partial charge in [-0.15, -0.1) is 0 Å². The van der Waals surface area contributed by atoms with Crippen molar-refractivity contribution in [1.29, 1.82) is 0 Å². The van der Waals surface area contributed by atoms with Crippen LogP contribution >= 0.6 is 0 Å². The highest BCUT2D eigenvalue weighted by molar-refractivity contribution is 5.36. The fourth-order valence-electron chi connectivity index (χ4n) is 2.01. The SMILES string of the molecule is O=[N+]([O-])c1ccc(O[C@]2(O)O[C@H](CO)[C@H](O)[C@H](O)[C@H]2O)cc1. The summed E-state index contributed by atoms with van der Waals surface area (Å²) in [6.07, 6.45) is -6.86. The predicted octanol–water partition coefficient (Wildman–Crippen LogP) is -1.91. The van der Waals surface area contributed by atoms with Crippen molar-refractivity contribution in [3.63, 3.8) is 0 Å². The van der Waals surface area contributed by atoms with Crippen LogP contribution in [0, 0.1) is 10.1 Å². The average molecular weight is 317 g/mol. The molecule has 5 atom stereocenters. The van der Waals surface area contributed by atoms with Crippen molar-refractivity contribution in [1.82, 2.24) is 0 Å². The summed E-state index contributed by atoms with van der Waals surface area (Å²) in [6, 6.07) is 4.50. The zero-order valence-electron chi connectivity index (χ0n) is 11.1. The normalized spacial score (nSPS) is 35.1. The number of ether oxygens (including phenoxy) is 2. The first-order valence-corrected chi connectivity index (χ1v) is 6.27. The topological polar surface area (TPSA) is 163 Å². The van der Waals surface area contributed by atoms with Crippen LogP contribution in [0.1, 0.15) is 0 Å². The summed E-state index contributed by atoms with van der Waals surface area (Å²) >= 11 is 0. The molecular formula is C12H15NO9. The van der Waals surface area contributed by atoms with Gasteiger partial charge in [0, 0.05) is 12.1 Å². The molecule has 0 aliphatic carbocycles. The smallest absolute Gasteiger partial charge is 0.355 e. The number of rotatable bonds is 4. The maximum Gasteiger partial charge on any atom is 0.355 e. The molecule has 0 bridgehead atoms. The number of nitrogens with zero attached hydrogens (tertiary/aromatic N) is 1. The van der Waals surface area contributed by atoms with Crippen LogP contribution in [0.15, 0.2) is 24.3 Å². The van der Waals surface area contributed by atoms with E-state index in [1.54, 1.807) is 0 Å². The second kappa shape index (κ2) is 6.12. The number of hydrogen-bond donors (Lipinski definition) is 5. The van der Waals surface area contributed by atoms with Crippen LogP contribution in [-0.4, -0.2) is 67.5 Å². The van der Waals surface area contributed by atoms with Crippen LogP contribution in [0.4, 0.5) is 5.69 Å². The molecule has 0 radical (unpaired) electrons. The van der Waals surface area contributed by atoms with Crippen molar-refractivity contribution in [3.8, 4) is 5.75 Å². The standard InChI is InChI=1S/C12H15NO9/c14-5-8-9(15)10(16)11(17)12(18,22-8)21-7-3-1-6(2-4-7)13(19)20/h1-4,8-11,14-18H,5H2/t8-,9+,10+,11-,12+/m1/s1. The molecule has 0 aromatic heterocycles. The summed E-state index contributed by atoms with van der Waals surface area (Å²) in [5.74, 6) is -2.82. The number of nitro benzene ring substituents is 1. The van der Waals surface area contributed by atoms with E-state index in [1.165, 1.54) is 0 Å². The third kappa shape index (κ3) is 3.02. The van der Waals surface area contributed by atoms with E-state index in [-0.39, 0.29) is 11.4 Å². The van der Waals surface area contributed by atoms with E-state index in [0.29, 0.717) is 0 Å². The van der Waals surface area contributed by atoms with Gasteiger partial charge in [-0.3, -0.25) is 10.1 Å². The Morgan fingerprint density at radius 3 is 2.32 bits per heavy atom. The van der Waals surface area contributed by atoms with Crippen molar-refractivity contribution in [3.05, 3.63) is 34.4 Å². The average Bonchev–Trinajstić information content (AvgIpc) is 2.49. The summed E-state index contributed by atoms with van der Waals surface area (Å²) in [5, 5.41) is 58.7. The molecule has 1 heterocycles. The van der Waals surface area contributed by atoms with Crippen molar-refractivity contribution < 1.29 is 39.9 Å². The molecule has 0 saturated carbocycles. The molecule has 10 heteroatoms. The highest BCUT2D eigenvalue weighted by atomic mass is 16.8. The van der Waals surface area contributed by atoms with Crippen LogP contribution in [0.5, 0.6) is 5.75 Å². The van der Waals surface area contributed by atoms with Gasteiger partial charge in [-0.05, 0) is 12.1 Å². The maximum atomic E-state index is 10.5. The third-order valence-electron chi connectivity index (χ3n) is 3.24. The van der Waals surface area contributed by atoms with Gasteiger partial charge in [0.1, 0.15) is 24.1 Å². The molecule has 10 nitrogen and oxygen atoms in total. The fraction of sp³-hybridized carbons (Fsp3) is 0.500. The van der Waals surface area contributed by atoms with Crippen molar-refractivity contribution in [2.75, 3.05) is 6.61 Å². The summed E-state index contributed by atoms with van der Waals surface area (Å²) in [4.78, 5) is 9.91. The van der Waals surface area contributed by atoms with Gasteiger partial charge in [0.05, 0.1) is 11.5 Å². The summed E-state index contributed by atoms with van der Waals surface area (Å²) < 4.78 is 9.91.